The number of aryl methyl sites for hydroxylation is 2. The van der Waals surface area contributed by atoms with Gasteiger partial charge in [0.15, 0.2) is 0 Å². The van der Waals surface area contributed by atoms with Crippen LogP contribution in [0.15, 0.2) is 132 Å². The number of fused-ring (bicyclic) bond motifs is 1. The average molecular weight is 474 g/mol. The lowest BCUT2D eigenvalue weighted by Gasteiger charge is -2.28. The summed E-state index contributed by atoms with van der Waals surface area (Å²) in [6, 6.07) is 42.2. The van der Waals surface area contributed by atoms with Crippen LogP contribution >= 0.6 is 0 Å². The Labute approximate surface area is 211 Å². The first-order chi connectivity index (χ1) is 17.8. The van der Waals surface area contributed by atoms with Gasteiger partial charge in [0.25, 0.3) is 0 Å². The van der Waals surface area contributed by atoms with Crippen LogP contribution in [0.1, 0.15) is 16.7 Å². The van der Waals surface area contributed by atoms with Crippen molar-refractivity contribution in [2.24, 2.45) is 5.10 Å². The van der Waals surface area contributed by atoms with E-state index in [0.717, 1.165) is 34.9 Å². The van der Waals surface area contributed by atoms with Gasteiger partial charge in [0.1, 0.15) is 0 Å². The van der Waals surface area contributed by atoms with Crippen LogP contribution < -0.4 is 5.01 Å². The highest BCUT2D eigenvalue weighted by Gasteiger charge is 2.20. The standard InChI is InChI=1S/C32H28FN3/c33-36(34-25-24-27-14-6-2-7-15-27)35(29-16-8-3-9-17-29)32-23-22-28(30-18-10-11-19-31(30)32)21-20-26-12-4-1-5-13-26/h1-19,22-23,25H,20-21,24H2/b34-25+. The largest absolute Gasteiger partial charge is 0.208 e. The molecule has 0 saturated heterocycles. The van der Waals surface area contributed by atoms with Gasteiger partial charge in [-0.25, -0.2) is 5.01 Å². The number of anilines is 2. The first-order valence-corrected chi connectivity index (χ1v) is 12.2. The van der Waals surface area contributed by atoms with Crippen molar-refractivity contribution in [3.63, 3.8) is 0 Å². The zero-order chi connectivity index (χ0) is 24.6. The summed E-state index contributed by atoms with van der Waals surface area (Å²) in [4.78, 5) is 0. The molecule has 5 aromatic carbocycles. The van der Waals surface area contributed by atoms with Gasteiger partial charge in [-0.2, -0.15) is 0 Å². The monoisotopic (exact) mass is 473 g/mol. The molecular weight excluding hydrogens is 445 g/mol. The van der Waals surface area contributed by atoms with Crippen molar-refractivity contribution in [2.45, 2.75) is 19.3 Å². The lowest BCUT2D eigenvalue weighted by atomic mass is 9.97. The fourth-order valence-corrected chi connectivity index (χ4v) is 4.44. The number of benzene rings is 5. The number of rotatable bonds is 9. The van der Waals surface area contributed by atoms with Gasteiger partial charge in [-0.15, -0.1) is 5.10 Å². The van der Waals surface area contributed by atoms with Crippen molar-refractivity contribution in [2.75, 3.05) is 5.01 Å². The molecule has 0 amide bonds. The first-order valence-electron chi connectivity index (χ1n) is 12.2. The molecular formula is C32H28FN3. The molecule has 178 valence electrons. The molecule has 0 fully saturated rings. The van der Waals surface area contributed by atoms with E-state index in [4.69, 9.17) is 0 Å². The van der Waals surface area contributed by atoms with Crippen molar-refractivity contribution in [3.8, 4) is 0 Å². The van der Waals surface area contributed by atoms with Gasteiger partial charge in [0.2, 0.25) is 0 Å². The number of hydrogen-bond acceptors (Lipinski definition) is 3. The summed E-state index contributed by atoms with van der Waals surface area (Å²) >= 11 is 0. The molecule has 5 aromatic rings. The van der Waals surface area contributed by atoms with Crippen molar-refractivity contribution in [3.05, 3.63) is 144 Å². The van der Waals surface area contributed by atoms with Crippen LogP contribution in [0.5, 0.6) is 0 Å². The van der Waals surface area contributed by atoms with E-state index in [9.17, 15) is 0 Å². The lowest BCUT2D eigenvalue weighted by molar-refractivity contribution is 0.0297. The van der Waals surface area contributed by atoms with Crippen LogP contribution in [-0.2, 0) is 19.3 Å². The van der Waals surface area contributed by atoms with Crippen LogP contribution in [0, 0.1) is 0 Å². The molecule has 0 N–H and O–H groups in total. The summed E-state index contributed by atoms with van der Waals surface area (Å²) < 4.78 is 15.7. The Bertz CT molecular complexity index is 1420. The van der Waals surface area contributed by atoms with Crippen molar-refractivity contribution in [1.82, 2.24) is 5.34 Å². The summed E-state index contributed by atoms with van der Waals surface area (Å²) in [6.07, 6.45) is 4.00. The van der Waals surface area contributed by atoms with Crippen molar-refractivity contribution in [1.29, 1.82) is 0 Å². The van der Waals surface area contributed by atoms with Gasteiger partial charge in [0, 0.05) is 18.0 Å². The fraction of sp³-hybridized carbons (Fsp3) is 0.0938. The molecule has 0 radical (unpaired) electrons. The number of halogens is 1. The normalized spacial score (nSPS) is 11.1. The molecule has 0 saturated carbocycles. The molecule has 3 nitrogen and oxygen atoms in total. The quantitative estimate of drug-likeness (QED) is 0.122. The second kappa shape index (κ2) is 11.3. The van der Waals surface area contributed by atoms with E-state index in [0.29, 0.717) is 17.4 Å². The van der Waals surface area contributed by atoms with Crippen molar-refractivity contribution < 1.29 is 4.48 Å². The van der Waals surface area contributed by atoms with E-state index in [1.165, 1.54) is 16.1 Å². The summed E-state index contributed by atoms with van der Waals surface area (Å²) in [5, 5.41) is 8.20. The minimum absolute atomic E-state index is 0.434. The highest BCUT2D eigenvalue weighted by atomic mass is 19.2. The first kappa shape index (κ1) is 23.3. The van der Waals surface area contributed by atoms with E-state index in [2.05, 4.69) is 41.5 Å². The third-order valence-corrected chi connectivity index (χ3v) is 6.26. The number of para-hydroxylation sites is 1. The highest BCUT2D eigenvalue weighted by molar-refractivity contribution is 5.98. The lowest BCUT2D eigenvalue weighted by Crippen LogP contribution is -2.29. The fourth-order valence-electron chi connectivity index (χ4n) is 4.44. The van der Waals surface area contributed by atoms with Gasteiger partial charge in [-0.05, 0) is 58.5 Å². The Morgan fingerprint density at radius 1 is 0.583 bits per heavy atom. The molecule has 0 aliphatic heterocycles. The number of hydrazine groups is 1. The molecule has 0 spiro atoms. The third kappa shape index (κ3) is 5.44. The second-order valence-corrected chi connectivity index (χ2v) is 8.65. The number of nitrogens with zero attached hydrogens (tertiary/aromatic N) is 3. The molecule has 36 heavy (non-hydrogen) atoms. The van der Waals surface area contributed by atoms with E-state index < -0.39 is 0 Å². The van der Waals surface area contributed by atoms with Crippen LogP contribution in [0.4, 0.5) is 15.9 Å². The maximum absolute atomic E-state index is 15.7. The predicted molar refractivity (Wildman–Crippen MR) is 148 cm³/mol. The zero-order valence-electron chi connectivity index (χ0n) is 20.0. The van der Waals surface area contributed by atoms with Crippen LogP contribution in [0.2, 0.25) is 0 Å². The summed E-state index contributed by atoms with van der Waals surface area (Å²) in [7, 11) is 0. The van der Waals surface area contributed by atoms with E-state index in [-0.39, 0.29) is 0 Å². The van der Waals surface area contributed by atoms with Crippen LogP contribution in [0.3, 0.4) is 0 Å². The molecule has 4 heteroatoms. The minimum atomic E-state index is 0.434. The topological polar surface area (TPSA) is 18.8 Å². The minimum Gasteiger partial charge on any atom is -0.208 e. The van der Waals surface area contributed by atoms with Gasteiger partial charge in [-0.3, -0.25) is 0 Å². The molecule has 0 bridgehead atoms. The van der Waals surface area contributed by atoms with Crippen LogP contribution in [0.25, 0.3) is 10.8 Å². The van der Waals surface area contributed by atoms with E-state index in [1.54, 1.807) is 6.21 Å². The Kier molecular flexibility index (Phi) is 7.33. The average Bonchev–Trinajstić information content (AvgIpc) is 2.94. The number of hydrazone groups is 1. The molecule has 0 unspecified atom stereocenters. The summed E-state index contributed by atoms with van der Waals surface area (Å²) in [6.45, 7) is 0. The Hall–Kier alpha value is -4.44. The van der Waals surface area contributed by atoms with E-state index >= 15 is 4.48 Å². The molecule has 0 aliphatic rings. The zero-order valence-corrected chi connectivity index (χ0v) is 20.0. The maximum Gasteiger partial charge on any atom is 0.0754 e. The van der Waals surface area contributed by atoms with Gasteiger partial charge in [-0.1, -0.05) is 114 Å². The Morgan fingerprint density at radius 3 is 1.86 bits per heavy atom. The van der Waals surface area contributed by atoms with Gasteiger partial charge < -0.3 is 0 Å². The molecule has 0 heterocycles. The van der Waals surface area contributed by atoms with E-state index in [1.807, 2.05) is 91.0 Å². The maximum atomic E-state index is 15.7. The summed E-state index contributed by atoms with van der Waals surface area (Å²) in [5.41, 5.74) is 5.05. The van der Waals surface area contributed by atoms with Crippen molar-refractivity contribution >= 4 is 28.4 Å². The number of hydrogen-bond donors (Lipinski definition) is 0. The second-order valence-electron chi connectivity index (χ2n) is 8.65. The summed E-state index contributed by atoms with van der Waals surface area (Å²) in [5.74, 6) is 0. The Balaban J connectivity index is 1.48. The van der Waals surface area contributed by atoms with Gasteiger partial charge >= 0.3 is 0 Å². The molecule has 0 aromatic heterocycles. The Morgan fingerprint density at radius 2 is 1.17 bits per heavy atom. The predicted octanol–water partition coefficient (Wildman–Crippen LogP) is 8.09. The molecule has 5 rings (SSSR count). The van der Waals surface area contributed by atoms with Gasteiger partial charge in [0.05, 0.1) is 11.4 Å². The highest BCUT2D eigenvalue weighted by Crippen LogP contribution is 2.36. The molecule has 0 atom stereocenters. The third-order valence-electron chi connectivity index (χ3n) is 6.26. The smallest absolute Gasteiger partial charge is 0.0754 e. The molecule has 0 aliphatic carbocycles. The van der Waals surface area contributed by atoms with Crippen LogP contribution in [-0.4, -0.2) is 11.6 Å². The SMILES string of the molecule is FN(/N=C/Cc1ccccc1)N(c1ccccc1)c1ccc(CCc2ccccc2)c2ccccc12.